The third-order valence-corrected chi connectivity index (χ3v) is 10.1. The van der Waals surface area contributed by atoms with Crippen molar-refractivity contribution in [3.8, 4) is 0 Å². The van der Waals surface area contributed by atoms with Crippen LogP contribution >= 0.6 is 0 Å². The van der Waals surface area contributed by atoms with Crippen LogP contribution in [0, 0.1) is 0 Å². The first-order valence-corrected chi connectivity index (χ1v) is 20.7. The van der Waals surface area contributed by atoms with Crippen LogP contribution in [0.15, 0.2) is 4.99 Å². The summed E-state index contributed by atoms with van der Waals surface area (Å²) in [4.78, 5) is 19.6. The average molecular weight is 632 g/mol. The lowest BCUT2D eigenvalue weighted by Crippen LogP contribution is -2.29. The predicted octanol–water partition coefficient (Wildman–Crippen LogP) is 12.7. The number of nitrogens with zero attached hydrogens (tertiary/aromatic N) is 2. The monoisotopic (exact) mass is 632 g/mol. The Labute approximate surface area is 283 Å². The Hall–Kier alpha value is -1.06. The van der Waals surface area contributed by atoms with Gasteiger partial charge in [0.1, 0.15) is 0 Å². The third kappa shape index (κ3) is 27.7. The van der Waals surface area contributed by atoms with Crippen LogP contribution in [-0.4, -0.2) is 42.8 Å². The van der Waals surface area contributed by atoms with E-state index in [0.29, 0.717) is 12.5 Å². The summed E-state index contributed by atoms with van der Waals surface area (Å²) in [7, 11) is 2.19. The zero-order valence-corrected chi connectivity index (χ0v) is 31.1. The van der Waals surface area contributed by atoms with Gasteiger partial charge in [-0.15, -0.1) is 0 Å². The molecule has 4 nitrogen and oxygen atoms in total. The molecule has 45 heavy (non-hydrogen) atoms. The van der Waals surface area contributed by atoms with Crippen LogP contribution in [-0.2, 0) is 4.79 Å². The first kappa shape index (κ1) is 42.0. The second-order valence-electron chi connectivity index (χ2n) is 14.6. The lowest BCUT2D eigenvalue weighted by Gasteiger charge is -2.14. The SMILES string of the molecule is CCCCCCCCCCCCCCCCCC(=O)NCCC1CN(C)C(CCCCCCCCCCCCCCCCC)=N1. The molecule has 0 saturated carbocycles. The lowest BCUT2D eigenvalue weighted by molar-refractivity contribution is -0.121. The maximum Gasteiger partial charge on any atom is 0.219 e. The molecule has 1 amide bonds. The molecule has 4 heteroatoms. The largest absolute Gasteiger partial charge is 0.361 e. The second kappa shape index (κ2) is 32.9. The fraction of sp³-hybridized carbons (Fsp3) is 0.951. The van der Waals surface area contributed by atoms with Crippen LogP contribution in [0.3, 0.4) is 0 Å². The van der Waals surface area contributed by atoms with Crippen LogP contribution in [0.5, 0.6) is 0 Å². The van der Waals surface area contributed by atoms with Gasteiger partial charge in [0.2, 0.25) is 5.91 Å². The van der Waals surface area contributed by atoms with Crippen molar-refractivity contribution in [3.05, 3.63) is 0 Å². The van der Waals surface area contributed by atoms with Crippen molar-refractivity contribution in [3.63, 3.8) is 0 Å². The minimum Gasteiger partial charge on any atom is -0.361 e. The zero-order valence-electron chi connectivity index (χ0n) is 31.1. The third-order valence-electron chi connectivity index (χ3n) is 10.1. The molecule has 1 aliphatic rings. The Morgan fingerprint density at radius 2 is 0.933 bits per heavy atom. The standard InChI is InChI=1S/C41H81N3O/c1-4-6-8-10-12-14-16-18-20-22-24-26-28-30-32-34-40-43-39(38-44(40)3)36-37-42-41(45)35-33-31-29-27-25-23-21-19-17-15-13-11-9-7-5-2/h39H,4-38H2,1-3H3,(H,42,45). The van der Waals surface area contributed by atoms with Crippen LogP contribution in [0.25, 0.3) is 0 Å². The van der Waals surface area contributed by atoms with E-state index in [1.54, 1.807) is 0 Å². The van der Waals surface area contributed by atoms with E-state index in [2.05, 4.69) is 31.1 Å². The number of rotatable bonds is 35. The first-order valence-electron chi connectivity index (χ1n) is 20.7. The highest BCUT2D eigenvalue weighted by atomic mass is 16.1. The van der Waals surface area contributed by atoms with E-state index in [9.17, 15) is 4.79 Å². The number of amides is 1. The predicted molar refractivity (Wildman–Crippen MR) is 201 cm³/mol. The highest BCUT2D eigenvalue weighted by Gasteiger charge is 2.21. The Bertz CT molecular complexity index is 663. The number of likely N-dealkylation sites (N-methyl/N-ethyl adjacent to an activating group) is 1. The highest BCUT2D eigenvalue weighted by molar-refractivity contribution is 5.83. The van der Waals surface area contributed by atoms with E-state index in [1.165, 1.54) is 192 Å². The van der Waals surface area contributed by atoms with Crippen molar-refractivity contribution >= 4 is 11.7 Å². The van der Waals surface area contributed by atoms with Crippen molar-refractivity contribution in [2.24, 2.45) is 4.99 Å². The van der Waals surface area contributed by atoms with Gasteiger partial charge >= 0.3 is 0 Å². The Kier molecular flexibility index (Phi) is 30.6. The van der Waals surface area contributed by atoms with Gasteiger partial charge in [-0.3, -0.25) is 9.79 Å². The molecule has 266 valence electrons. The minimum absolute atomic E-state index is 0.234. The molecular weight excluding hydrogens is 550 g/mol. The minimum atomic E-state index is 0.234. The molecule has 0 fully saturated rings. The van der Waals surface area contributed by atoms with Gasteiger partial charge in [-0.25, -0.2) is 0 Å². The molecular formula is C41H81N3O. The molecule has 0 aliphatic carbocycles. The maximum atomic E-state index is 12.3. The maximum absolute atomic E-state index is 12.3. The Morgan fingerprint density at radius 1 is 0.578 bits per heavy atom. The fourth-order valence-electron chi connectivity index (χ4n) is 6.96. The Balaban J connectivity index is 1.87. The topological polar surface area (TPSA) is 44.7 Å². The quantitative estimate of drug-likeness (QED) is 0.0707. The van der Waals surface area contributed by atoms with Gasteiger partial charge in [-0.1, -0.05) is 194 Å². The molecule has 0 spiro atoms. The number of carbonyl (C=O) groups is 1. The summed E-state index contributed by atoms with van der Waals surface area (Å²) in [5, 5.41) is 3.16. The van der Waals surface area contributed by atoms with Gasteiger partial charge in [0.25, 0.3) is 0 Å². The van der Waals surface area contributed by atoms with Gasteiger partial charge in [-0.05, 0) is 19.3 Å². The summed E-state index contributed by atoms with van der Waals surface area (Å²) in [6, 6.07) is 0.354. The van der Waals surface area contributed by atoms with E-state index in [-0.39, 0.29) is 5.91 Å². The molecule has 0 bridgehead atoms. The molecule has 1 N–H and O–H groups in total. The van der Waals surface area contributed by atoms with Crippen LogP contribution < -0.4 is 5.32 Å². The van der Waals surface area contributed by atoms with Crippen LogP contribution in [0.1, 0.15) is 226 Å². The number of aliphatic imine (C=N–C) groups is 1. The zero-order chi connectivity index (χ0) is 32.5. The molecule has 0 aromatic heterocycles. The molecule has 1 heterocycles. The molecule has 1 aliphatic heterocycles. The number of amidine groups is 1. The summed E-state index contributed by atoms with van der Waals surface area (Å²) in [5.41, 5.74) is 0. The second-order valence-corrected chi connectivity index (χ2v) is 14.6. The van der Waals surface area contributed by atoms with Gasteiger partial charge in [0.05, 0.1) is 11.9 Å². The number of carbonyl (C=O) groups excluding carboxylic acids is 1. The van der Waals surface area contributed by atoms with E-state index in [4.69, 9.17) is 4.99 Å². The lowest BCUT2D eigenvalue weighted by atomic mass is 10.0. The average Bonchev–Trinajstić information content (AvgIpc) is 3.39. The Morgan fingerprint density at radius 3 is 1.33 bits per heavy atom. The number of hydrogen-bond donors (Lipinski definition) is 1. The van der Waals surface area contributed by atoms with Crippen molar-refractivity contribution < 1.29 is 4.79 Å². The van der Waals surface area contributed by atoms with Gasteiger partial charge in [-0.2, -0.15) is 0 Å². The molecule has 0 aromatic rings. The van der Waals surface area contributed by atoms with E-state index in [1.807, 2.05) is 0 Å². The summed E-state index contributed by atoms with van der Waals surface area (Å²) < 4.78 is 0. The van der Waals surface area contributed by atoms with Gasteiger partial charge < -0.3 is 10.2 Å². The summed E-state index contributed by atoms with van der Waals surface area (Å²) >= 11 is 0. The van der Waals surface area contributed by atoms with Crippen LogP contribution in [0.2, 0.25) is 0 Å². The van der Waals surface area contributed by atoms with Crippen molar-refractivity contribution in [2.75, 3.05) is 20.1 Å². The summed E-state index contributed by atoms with van der Waals surface area (Å²) in [5.74, 6) is 1.52. The van der Waals surface area contributed by atoms with Gasteiger partial charge in [0.15, 0.2) is 0 Å². The molecule has 0 saturated heterocycles. The molecule has 1 unspecified atom stereocenters. The van der Waals surface area contributed by atoms with E-state index in [0.717, 1.165) is 32.4 Å². The molecule has 0 aromatic carbocycles. The van der Waals surface area contributed by atoms with E-state index < -0.39 is 0 Å². The van der Waals surface area contributed by atoms with Crippen molar-refractivity contribution in [1.82, 2.24) is 10.2 Å². The number of hydrogen-bond acceptors (Lipinski definition) is 3. The molecule has 1 atom stereocenters. The fourth-order valence-corrected chi connectivity index (χ4v) is 6.96. The number of nitrogens with one attached hydrogen (secondary N) is 1. The van der Waals surface area contributed by atoms with Crippen molar-refractivity contribution in [1.29, 1.82) is 0 Å². The van der Waals surface area contributed by atoms with Gasteiger partial charge in [0, 0.05) is 33.0 Å². The number of unbranched alkanes of at least 4 members (excludes halogenated alkanes) is 28. The summed E-state index contributed by atoms with van der Waals surface area (Å²) in [6.07, 6.45) is 44.4. The summed E-state index contributed by atoms with van der Waals surface area (Å²) in [6.45, 7) is 6.37. The van der Waals surface area contributed by atoms with Crippen molar-refractivity contribution in [2.45, 2.75) is 232 Å². The molecule has 1 rings (SSSR count). The smallest absolute Gasteiger partial charge is 0.219 e. The van der Waals surface area contributed by atoms with E-state index >= 15 is 0 Å². The normalized spacial score (nSPS) is 14.8. The first-order chi connectivity index (χ1) is 22.2. The molecule has 0 radical (unpaired) electrons. The highest BCUT2D eigenvalue weighted by Crippen LogP contribution is 2.18. The van der Waals surface area contributed by atoms with Crippen LogP contribution in [0.4, 0.5) is 0 Å².